The summed E-state index contributed by atoms with van der Waals surface area (Å²) in [7, 11) is -1.40. The summed E-state index contributed by atoms with van der Waals surface area (Å²) in [6.07, 6.45) is 12.5. The Morgan fingerprint density at radius 1 is 1.25 bits per heavy atom. The van der Waals surface area contributed by atoms with Gasteiger partial charge in [-0.05, 0) is 32.5 Å². The lowest BCUT2D eigenvalue weighted by atomic mass is 10.1. The van der Waals surface area contributed by atoms with Crippen LogP contribution >= 0.6 is 0 Å². The summed E-state index contributed by atoms with van der Waals surface area (Å²) in [6.45, 7) is 12.7. The summed E-state index contributed by atoms with van der Waals surface area (Å²) >= 11 is 0. The zero-order valence-electron chi connectivity index (χ0n) is 11.5. The molecular formula is C14H28OSi. The van der Waals surface area contributed by atoms with Gasteiger partial charge in [0.2, 0.25) is 0 Å². The zero-order valence-corrected chi connectivity index (χ0v) is 12.5. The molecule has 0 radical (unpaired) electrons. The van der Waals surface area contributed by atoms with Gasteiger partial charge in [0.25, 0.3) is 0 Å². The van der Waals surface area contributed by atoms with Crippen molar-refractivity contribution in [2.45, 2.75) is 64.8 Å². The third kappa shape index (κ3) is 10.2. The zero-order chi connectivity index (χ0) is 12.4. The highest BCUT2D eigenvalue weighted by Gasteiger charge is 2.19. The molecule has 0 aliphatic heterocycles. The standard InChI is InChI=1S/C14H28OSi/c1-6-8-10-12-14(13-11-9-7-2)15-16(3,4)5/h6,8,10,14H,1,7,9,11-13H2,2-5H3. The summed E-state index contributed by atoms with van der Waals surface area (Å²) in [5, 5.41) is 0. The molecule has 0 amide bonds. The van der Waals surface area contributed by atoms with Gasteiger partial charge >= 0.3 is 0 Å². The van der Waals surface area contributed by atoms with Gasteiger partial charge < -0.3 is 4.43 Å². The Morgan fingerprint density at radius 3 is 2.44 bits per heavy atom. The second-order valence-corrected chi connectivity index (χ2v) is 9.71. The quantitative estimate of drug-likeness (QED) is 0.316. The molecule has 0 aromatic rings. The van der Waals surface area contributed by atoms with Gasteiger partial charge in [-0.25, -0.2) is 0 Å². The fourth-order valence-electron chi connectivity index (χ4n) is 1.67. The highest BCUT2D eigenvalue weighted by atomic mass is 28.4. The summed E-state index contributed by atoms with van der Waals surface area (Å²) < 4.78 is 6.18. The molecular weight excluding hydrogens is 212 g/mol. The third-order valence-corrected chi connectivity index (χ3v) is 3.36. The molecule has 0 fully saturated rings. The van der Waals surface area contributed by atoms with Crippen LogP contribution in [0.1, 0.15) is 39.0 Å². The minimum atomic E-state index is -1.40. The van der Waals surface area contributed by atoms with Crippen molar-refractivity contribution < 1.29 is 4.43 Å². The molecule has 0 aromatic carbocycles. The van der Waals surface area contributed by atoms with E-state index in [0.717, 1.165) is 6.42 Å². The van der Waals surface area contributed by atoms with E-state index in [0.29, 0.717) is 6.10 Å². The number of rotatable bonds is 9. The molecule has 0 aromatic heterocycles. The van der Waals surface area contributed by atoms with Crippen molar-refractivity contribution in [2.75, 3.05) is 0 Å². The number of unbranched alkanes of at least 4 members (excludes halogenated alkanes) is 2. The van der Waals surface area contributed by atoms with Crippen LogP contribution in [0, 0.1) is 0 Å². The molecule has 0 spiro atoms. The maximum atomic E-state index is 6.18. The molecule has 0 rings (SSSR count). The highest BCUT2D eigenvalue weighted by molar-refractivity contribution is 6.69. The van der Waals surface area contributed by atoms with Crippen molar-refractivity contribution in [1.29, 1.82) is 0 Å². The number of hydrogen-bond donors (Lipinski definition) is 0. The molecule has 16 heavy (non-hydrogen) atoms. The van der Waals surface area contributed by atoms with Gasteiger partial charge in [0.15, 0.2) is 8.32 Å². The minimum absolute atomic E-state index is 0.411. The summed E-state index contributed by atoms with van der Waals surface area (Å²) in [4.78, 5) is 0. The van der Waals surface area contributed by atoms with Crippen LogP contribution in [0.4, 0.5) is 0 Å². The van der Waals surface area contributed by atoms with Crippen molar-refractivity contribution in [3.63, 3.8) is 0 Å². The van der Waals surface area contributed by atoms with Gasteiger partial charge in [0.05, 0.1) is 0 Å². The van der Waals surface area contributed by atoms with Crippen molar-refractivity contribution >= 4 is 8.32 Å². The highest BCUT2D eigenvalue weighted by Crippen LogP contribution is 2.16. The Kier molecular flexibility index (Phi) is 8.58. The maximum Gasteiger partial charge on any atom is 0.184 e. The average molecular weight is 240 g/mol. The molecule has 1 unspecified atom stereocenters. The fraction of sp³-hybridized carbons (Fsp3) is 0.714. The molecule has 0 aliphatic carbocycles. The van der Waals surface area contributed by atoms with E-state index in [-0.39, 0.29) is 0 Å². The molecule has 94 valence electrons. The van der Waals surface area contributed by atoms with Gasteiger partial charge in [-0.15, -0.1) is 0 Å². The summed E-state index contributed by atoms with van der Waals surface area (Å²) in [5.74, 6) is 0. The van der Waals surface area contributed by atoms with Gasteiger partial charge in [-0.1, -0.05) is 51.0 Å². The second kappa shape index (κ2) is 8.77. The Labute approximate surface area is 103 Å². The lowest BCUT2D eigenvalue weighted by Crippen LogP contribution is -2.31. The predicted molar refractivity (Wildman–Crippen MR) is 76.3 cm³/mol. The molecule has 0 bridgehead atoms. The van der Waals surface area contributed by atoms with Crippen LogP contribution in [0.3, 0.4) is 0 Å². The molecule has 1 nitrogen and oxygen atoms in total. The van der Waals surface area contributed by atoms with Gasteiger partial charge in [0.1, 0.15) is 0 Å². The van der Waals surface area contributed by atoms with Crippen molar-refractivity contribution in [1.82, 2.24) is 0 Å². The van der Waals surface area contributed by atoms with E-state index >= 15 is 0 Å². The van der Waals surface area contributed by atoms with Crippen LogP contribution < -0.4 is 0 Å². The van der Waals surface area contributed by atoms with Crippen LogP contribution in [0.2, 0.25) is 19.6 Å². The molecule has 0 saturated carbocycles. The van der Waals surface area contributed by atoms with E-state index in [1.165, 1.54) is 25.7 Å². The van der Waals surface area contributed by atoms with E-state index in [2.05, 4.69) is 39.2 Å². The molecule has 0 aliphatic rings. The smallest absolute Gasteiger partial charge is 0.184 e. The van der Waals surface area contributed by atoms with Crippen molar-refractivity contribution in [2.24, 2.45) is 0 Å². The van der Waals surface area contributed by atoms with Crippen molar-refractivity contribution in [3.8, 4) is 0 Å². The summed E-state index contributed by atoms with van der Waals surface area (Å²) in [6, 6.07) is 0. The van der Waals surface area contributed by atoms with Crippen LogP contribution in [0.25, 0.3) is 0 Å². The topological polar surface area (TPSA) is 9.23 Å². The average Bonchev–Trinajstić information content (AvgIpc) is 2.16. The third-order valence-electron chi connectivity index (χ3n) is 2.32. The summed E-state index contributed by atoms with van der Waals surface area (Å²) in [5.41, 5.74) is 0. The first-order valence-corrected chi connectivity index (χ1v) is 9.85. The molecule has 0 N–H and O–H groups in total. The van der Waals surface area contributed by atoms with Gasteiger partial charge in [-0.3, -0.25) is 0 Å². The predicted octanol–water partition coefficient (Wildman–Crippen LogP) is 4.92. The Bertz CT molecular complexity index is 203. The van der Waals surface area contributed by atoms with E-state index in [9.17, 15) is 0 Å². The van der Waals surface area contributed by atoms with Gasteiger partial charge in [0, 0.05) is 6.10 Å². The first-order chi connectivity index (χ1) is 7.49. The largest absolute Gasteiger partial charge is 0.414 e. The molecule has 0 heterocycles. The lowest BCUT2D eigenvalue weighted by molar-refractivity contribution is 0.183. The van der Waals surface area contributed by atoms with E-state index < -0.39 is 8.32 Å². The van der Waals surface area contributed by atoms with Crippen molar-refractivity contribution in [3.05, 3.63) is 24.8 Å². The number of hydrogen-bond acceptors (Lipinski definition) is 1. The second-order valence-electron chi connectivity index (χ2n) is 5.25. The van der Waals surface area contributed by atoms with E-state index in [4.69, 9.17) is 4.43 Å². The Morgan fingerprint density at radius 2 is 1.94 bits per heavy atom. The Hall–Kier alpha value is -0.343. The molecule has 2 heteroatoms. The monoisotopic (exact) mass is 240 g/mol. The number of allylic oxidation sites excluding steroid dienone is 2. The molecule has 0 saturated heterocycles. The van der Waals surface area contributed by atoms with Crippen LogP contribution in [-0.4, -0.2) is 14.4 Å². The van der Waals surface area contributed by atoms with E-state index in [1.54, 1.807) is 0 Å². The SMILES string of the molecule is C=CC=CCC(CCCCC)O[Si](C)(C)C. The maximum absolute atomic E-state index is 6.18. The Balaban J connectivity index is 4.05. The minimum Gasteiger partial charge on any atom is -0.414 e. The lowest BCUT2D eigenvalue weighted by Gasteiger charge is -2.25. The van der Waals surface area contributed by atoms with Gasteiger partial charge in [-0.2, -0.15) is 0 Å². The van der Waals surface area contributed by atoms with Crippen LogP contribution in [-0.2, 0) is 4.43 Å². The fourth-order valence-corrected chi connectivity index (χ4v) is 2.89. The molecule has 1 atom stereocenters. The normalized spacial score (nSPS) is 14.2. The first-order valence-electron chi connectivity index (χ1n) is 6.45. The van der Waals surface area contributed by atoms with Crippen LogP contribution in [0.15, 0.2) is 24.8 Å². The first kappa shape index (κ1) is 15.7. The van der Waals surface area contributed by atoms with Crippen LogP contribution in [0.5, 0.6) is 0 Å². The van der Waals surface area contributed by atoms with E-state index in [1.807, 2.05) is 12.2 Å².